The van der Waals surface area contributed by atoms with Crippen molar-refractivity contribution in [3.8, 4) is 11.3 Å². The molecule has 0 saturated carbocycles. The molecule has 0 radical (unpaired) electrons. The zero-order valence-corrected chi connectivity index (χ0v) is 8.32. The number of hydrogen-bond acceptors (Lipinski definition) is 3. The molecule has 4 nitrogen and oxygen atoms in total. The van der Waals surface area contributed by atoms with Crippen LogP contribution >= 0.6 is 0 Å². The second-order valence-corrected chi connectivity index (χ2v) is 3.34. The summed E-state index contributed by atoms with van der Waals surface area (Å²) in [5.74, 6) is 0.405. The zero-order chi connectivity index (χ0) is 10.8. The number of rotatable bonds is 2. The maximum Gasteiger partial charge on any atom is 0.198 e. The Hall–Kier alpha value is -2.10. The van der Waals surface area contributed by atoms with E-state index in [1.807, 2.05) is 19.1 Å². The number of aromatic nitrogens is 2. The molecule has 0 amide bonds. The maximum atomic E-state index is 10.5. The van der Waals surface area contributed by atoms with Gasteiger partial charge in [0.15, 0.2) is 5.95 Å². The van der Waals surface area contributed by atoms with E-state index >= 15 is 0 Å². The average molecular weight is 201 g/mol. The van der Waals surface area contributed by atoms with Crippen LogP contribution in [-0.4, -0.2) is 16.3 Å². The highest BCUT2D eigenvalue weighted by molar-refractivity contribution is 5.76. The van der Waals surface area contributed by atoms with Crippen LogP contribution in [0.5, 0.6) is 0 Å². The summed E-state index contributed by atoms with van der Waals surface area (Å²) >= 11 is 0. The fourth-order valence-electron chi connectivity index (χ4n) is 1.48. The number of carbonyl (C=O) groups excluding carboxylic acids is 1. The van der Waals surface area contributed by atoms with Gasteiger partial charge in [-0.1, -0.05) is 24.3 Å². The van der Waals surface area contributed by atoms with Gasteiger partial charge in [-0.3, -0.25) is 4.79 Å². The summed E-state index contributed by atoms with van der Waals surface area (Å²) in [4.78, 5) is 17.6. The molecule has 2 rings (SSSR count). The third-order valence-electron chi connectivity index (χ3n) is 2.22. The minimum atomic E-state index is 0.405. The predicted octanol–water partition coefficient (Wildman–Crippen LogP) is 1.78. The van der Waals surface area contributed by atoms with Crippen molar-refractivity contribution < 1.29 is 4.79 Å². The number of carbonyl (C=O) groups is 1. The lowest BCUT2D eigenvalue weighted by Crippen LogP contribution is -1.86. The molecule has 2 aromatic rings. The number of imidazole rings is 1. The number of nitrogens with two attached hydrogens (primary N) is 1. The van der Waals surface area contributed by atoms with Crippen molar-refractivity contribution in [2.75, 3.05) is 5.73 Å². The Labute approximate surface area is 87.1 Å². The van der Waals surface area contributed by atoms with Gasteiger partial charge in [-0.2, -0.15) is 0 Å². The van der Waals surface area contributed by atoms with Crippen LogP contribution in [-0.2, 0) is 0 Å². The van der Waals surface area contributed by atoms with E-state index in [0.717, 1.165) is 23.2 Å². The molecule has 0 unspecified atom stereocenters. The number of anilines is 1. The average Bonchev–Trinajstić information content (AvgIpc) is 2.58. The van der Waals surface area contributed by atoms with E-state index in [2.05, 4.69) is 9.97 Å². The summed E-state index contributed by atoms with van der Waals surface area (Å²) in [5, 5.41) is 0. The van der Waals surface area contributed by atoms with Gasteiger partial charge in [0.05, 0.1) is 5.69 Å². The smallest absolute Gasteiger partial charge is 0.198 e. The van der Waals surface area contributed by atoms with Gasteiger partial charge in [-0.05, 0) is 6.92 Å². The number of nitrogens with zero attached hydrogens (tertiary/aromatic N) is 1. The molecule has 0 atom stereocenters. The molecule has 76 valence electrons. The molecule has 15 heavy (non-hydrogen) atoms. The van der Waals surface area contributed by atoms with Gasteiger partial charge in [0.2, 0.25) is 0 Å². The first-order valence-electron chi connectivity index (χ1n) is 4.58. The van der Waals surface area contributed by atoms with Crippen molar-refractivity contribution in [3.63, 3.8) is 0 Å². The Bertz CT molecular complexity index is 485. The van der Waals surface area contributed by atoms with E-state index in [4.69, 9.17) is 5.73 Å². The zero-order valence-electron chi connectivity index (χ0n) is 8.32. The monoisotopic (exact) mass is 201 g/mol. The Balaban J connectivity index is 2.45. The molecular formula is C11H11N3O. The molecule has 3 N–H and O–H groups in total. The fourth-order valence-corrected chi connectivity index (χ4v) is 1.48. The third-order valence-corrected chi connectivity index (χ3v) is 2.22. The van der Waals surface area contributed by atoms with E-state index in [0.29, 0.717) is 11.5 Å². The summed E-state index contributed by atoms with van der Waals surface area (Å²) in [6.07, 6.45) is 0.815. The van der Waals surface area contributed by atoms with E-state index < -0.39 is 0 Å². The van der Waals surface area contributed by atoms with Crippen LogP contribution in [0.3, 0.4) is 0 Å². The van der Waals surface area contributed by atoms with Gasteiger partial charge in [0, 0.05) is 16.8 Å². The number of aryl methyl sites for hydroxylation is 1. The van der Waals surface area contributed by atoms with Gasteiger partial charge in [0.1, 0.15) is 6.29 Å². The Morgan fingerprint density at radius 2 is 2.00 bits per heavy atom. The number of aldehydes is 1. The standard InChI is InChI=1S/C11H11N3O/c1-7-10(14-11(12)13-7)9-4-2-8(6-15)3-5-9/h2-6H,1H3,(H3,12,13,14). The summed E-state index contributed by atoms with van der Waals surface area (Å²) in [7, 11) is 0. The second-order valence-electron chi connectivity index (χ2n) is 3.34. The lowest BCUT2D eigenvalue weighted by Gasteiger charge is -1.98. The first-order valence-corrected chi connectivity index (χ1v) is 4.58. The molecule has 0 fully saturated rings. The molecule has 0 bridgehead atoms. The molecule has 1 aromatic carbocycles. The number of H-pyrrole nitrogens is 1. The van der Waals surface area contributed by atoms with Gasteiger partial charge < -0.3 is 10.7 Å². The maximum absolute atomic E-state index is 10.5. The predicted molar refractivity (Wildman–Crippen MR) is 58.6 cm³/mol. The molecule has 1 aromatic heterocycles. The number of aromatic amines is 1. The van der Waals surface area contributed by atoms with Crippen molar-refractivity contribution in [1.82, 2.24) is 9.97 Å². The van der Waals surface area contributed by atoms with E-state index in [-0.39, 0.29) is 0 Å². The van der Waals surface area contributed by atoms with Gasteiger partial charge >= 0.3 is 0 Å². The first-order chi connectivity index (χ1) is 7.20. The van der Waals surface area contributed by atoms with Crippen molar-refractivity contribution in [1.29, 1.82) is 0 Å². The van der Waals surface area contributed by atoms with Crippen molar-refractivity contribution in [3.05, 3.63) is 35.5 Å². The third kappa shape index (κ3) is 1.74. The molecule has 0 aliphatic heterocycles. The van der Waals surface area contributed by atoms with Crippen LogP contribution in [0, 0.1) is 6.92 Å². The second kappa shape index (κ2) is 3.57. The SMILES string of the molecule is Cc1[nH]c(N)nc1-c1ccc(C=O)cc1. The Morgan fingerprint density at radius 3 is 2.47 bits per heavy atom. The van der Waals surface area contributed by atoms with Gasteiger partial charge in [-0.25, -0.2) is 4.98 Å². The summed E-state index contributed by atoms with van der Waals surface area (Å²) < 4.78 is 0. The van der Waals surface area contributed by atoms with Gasteiger partial charge in [-0.15, -0.1) is 0 Å². The largest absolute Gasteiger partial charge is 0.369 e. The van der Waals surface area contributed by atoms with Crippen molar-refractivity contribution in [2.24, 2.45) is 0 Å². The summed E-state index contributed by atoms with van der Waals surface area (Å²) in [6.45, 7) is 1.91. The van der Waals surface area contributed by atoms with Crippen LogP contribution in [0.15, 0.2) is 24.3 Å². The van der Waals surface area contributed by atoms with E-state index in [9.17, 15) is 4.79 Å². The summed E-state index contributed by atoms with van der Waals surface area (Å²) in [6, 6.07) is 7.22. The molecule has 0 aliphatic carbocycles. The molecule has 0 aliphatic rings. The highest BCUT2D eigenvalue weighted by Gasteiger charge is 2.06. The molecule has 1 heterocycles. The number of hydrogen-bond donors (Lipinski definition) is 2. The minimum Gasteiger partial charge on any atom is -0.369 e. The quantitative estimate of drug-likeness (QED) is 0.727. The lowest BCUT2D eigenvalue weighted by atomic mass is 10.1. The molecular weight excluding hydrogens is 190 g/mol. The van der Waals surface area contributed by atoms with Crippen molar-refractivity contribution >= 4 is 12.2 Å². The normalized spacial score (nSPS) is 10.2. The lowest BCUT2D eigenvalue weighted by molar-refractivity contribution is 0.112. The van der Waals surface area contributed by atoms with Crippen LogP contribution in [0.1, 0.15) is 16.1 Å². The molecule has 0 spiro atoms. The van der Waals surface area contributed by atoms with E-state index in [1.165, 1.54) is 0 Å². The highest BCUT2D eigenvalue weighted by atomic mass is 16.1. The van der Waals surface area contributed by atoms with Crippen LogP contribution < -0.4 is 5.73 Å². The highest BCUT2D eigenvalue weighted by Crippen LogP contribution is 2.21. The van der Waals surface area contributed by atoms with Gasteiger partial charge in [0.25, 0.3) is 0 Å². The summed E-state index contributed by atoms with van der Waals surface area (Å²) in [5.41, 5.74) is 8.90. The Kier molecular flexibility index (Phi) is 2.25. The minimum absolute atomic E-state index is 0.405. The van der Waals surface area contributed by atoms with Crippen LogP contribution in [0.4, 0.5) is 5.95 Å². The molecule has 4 heteroatoms. The number of nitrogens with one attached hydrogen (secondary N) is 1. The van der Waals surface area contributed by atoms with E-state index in [1.54, 1.807) is 12.1 Å². The Morgan fingerprint density at radius 1 is 1.33 bits per heavy atom. The number of benzene rings is 1. The molecule has 0 saturated heterocycles. The first kappa shape index (κ1) is 9.45. The topological polar surface area (TPSA) is 71.8 Å². The fraction of sp³-hybridized carbons (Fsp3) is 0.0909. The number of nitrogen functional groups attached to an aromatic ring is 1. The van der Waals surface area contributed by atoms with Crippen LogP contribution in [0.25, 0.3) is 11.3 Å². The van der Waals surface area contributed by atoms with Crippen molar-refractivity contribution in [2.45, 2.75) is 6.92 Å². The van der Waals surface area contributed by atoms with Crippen LogP contribution in [0.2, 0.25) is 0 Å².